The Kier molecular flexibility index (Phi) is 7.60. The molecule has 1 nitrogen and oxygen atoms in total. The summed E-state index contributed by atoms with van der Waals surface area (Å²) in [5.41, 5.74) is 0. The van der Waals surface area contributed by atoms with E-state index in [2.05, 4.69) is 11.6 Å². The molecule has 0 N–H and O–H groups in total. The van der Waals surface area contributed by atoms with Gasteiger partial charge in [-0.15, -0.1) is 0 Å². The predicted octanol–water partition coefficient (Wildman–Crippen LogP) is 7.40. The Labute approximate surface area is 191 Å². The maximum Gasteiger partial charge on any atom is 0.392 e. The average molecular weight is 603 g/mol. The summed E-state index contributed by atoms with van der Waals surface area (Å²) in [5, 5.41) is -5.58. The maximum atomic E-state index is 14.1. The molecule has 0 unspecified atom stereocenters. The van der Waals surface area contributed by atoms with Crippen LogP contribution in [-0.4, -0.2) is 23.1 Å². The molecular formula is C19H13ClF8IOP. The second-order valence-electron chi connectivity index (χ2n) is 6.43. The van der Waals surface area contributed by atoms with Crippen molar-refractivity contribution < 1.29 is 39.7 Å². The monoisotopic (exact) mass is 602 g/mol. The predicted molar refractivity (Wildman–Crippen MR) is 112 cm³/mol. The van der Waals surface area contributed by atoms with Crippen molar-refractivity contribution in [1.29, 1.82) is 0 Å². The molecule has 0 aliphatic carbocycles. The zero-order valence-corrected chi connectivity index (χ0v) is 19.0. The van der Waals surface area contributed by atoms with E-state index in [-0.39, 0.29) is 10.6 Å². The molecule has 2 aromatic rings. The molecule has 12 heteroatoms. The molecule has 0 fully saturated rings. The van der Waals surface area contributed by atoms with Gasteiger partial charge < -0.3 is 4.57 Å². The molecule has 0 aliphatic heterocycles. The summed E-state index contributed by atoms with van der Waals surface area (Å²) >= 11 is 5.11. The van der Waals surface area contributed by atoms with E-state index < -0.39 is 40.3 Å². The minimum absolute atomic E-state index is 0.170. The molecule has 0 aromatic heterocycles. The fourth-order valence-corrected chi connectivity index (χ4v) is 6.66. The first-order chi connectivity index (χ1) is 14.1. The molecule has 2 aromatic carbocycles. The van der Waals surface area contributed by atoms with E-state index in [4.69, 9.17) is 0 Å². The van der Waals surface area contributed by atoms with Gasteiger partial charge in [-0.2, -0.15) is 35.1 Å². The summed E-state index contributed by atoms with van der Waals surface area (Å²) in [6, 6.07) is 14.9. The van der Waals surface area contributed by atoms with E-state index in [9.17, 15) is 39.7 Å². The average Bonchev–Trinajstić information content (AvgIpc) is 2.67. The van der Waals surface area contributed by atoms with Crippen molar-refractivity contribution >= 4 is 51.9 Å². The highest BCUT2D eigenvalue weighted by Gasteiger charge is 2.80. The van der Waals surface area contributed by atoms with Gasteiger partial charge in [0.05, 0.1) is 0 Å². The van der Waals surface area contributed by atoms with Crippen LogP contribution in [0.3, 0.4) is 0 Å². The summed E-state index contributed by atoms with van der Waals surface area (Å²) in [5.74, 6) is -17.9. The van der Waals surface area contributed by atoms with Gasteiger partial charge in [-0.05, 0) is 40.0 Å². The number of rotatable bonds is 8. The maximum absolute atomic E-state index is 14.1. The second kappa shape index (κ2) is 9.02. The Hall–Kier alpha value is -1.13. The minimum Gasteiger partial charge on any atom is -0.309 e. The van der Waals surface area contributed by atoms with Gasteiger partial charge >= 0.3 is 23.1 Å². The number of hydrogen-bond acceptors (Lipinski definition) is 1. The lowest BCUT2D eigenvalue weighted by atomic mass is 10.0. The quantitative estimate of drug-likeness (QED) is 0.133. The SMILES string of the molecule is O=P(/C=C(/I)CC(F)(F)C(F)(F)C(F)(F)C(F)(F)Cl)(c1ccccc1)c1ccccc1. The van der Waals surface area contributed by atoms with E-state index in [0.29, 0.717) is 0 Å². The number of allylic oxidation sites excluding steroid dienone is 1. The third-order valence-electron chi connectivity index (χ3n) is 4.20. The first kappa shape index (κ1) is 26.1. The molecule has 0 saturated carbocycles. The van der Waals surface area contributed by atoms with Crippen LogP contribution >= 0.6 is 41.3 Å². The zero-order chi connectivity index (χ0) is 23.7. The topological polar surface area (TPSA) is 17.1 Å². The van der Waals surface area contributed by atoms with Gasteiger partial charge in [0.15, 0.2) is 7.14 Å². The van der Waals surface area contributed by atoms with E-state index in [1.165, 1.54) is 48.5 Å². The third-order valence-corrected chi connectivity index (χ3v) is 8.43. The summed E-state index contributed by atoms with van der Waals surface area (Å²) < 4.78 is 121. The summed E-state index contributed by atoms with van der Waals surface area (Å²) in [4.78, 5) is 0. The van der Waals surface area contributed by atoms with Crippen molar-refractivity contribution in [3.05, 3.63) is 70.1 Å². The molecule has 0 amide bonds. The highest BCUT2D eigenvalue weighted by atomic mass is 127. The molecule has 0 saturated heterocycles. The van der Waals surface area contributed by atoms with Crippen molar-refractivity contribution in [2.75, 3.05) is 0 Å². The summed E-state index contributed by atoms with van der Waals surface area (Å²) in [6.07, 6.45) is -2.06. The molecule has 0 atom stereocenters. The van der Waals surface area contributed by atoms with Gasteiger partial charge in [0.2, 0.25) is 0 Å². The van der Waals surface area contributed by atoms with Crippen LogP contribution in [0.1, 0.15) is 6.42 Å². The molecule has 0 aliphatic rings. The smallest absolute Gasteiger partial charge is 0.309 e. The fourth-order valence-electron chi connectivity index (χ4n) is 2.57. The van der Waals surface area contributed by atoms with Crippen molar-refractivity contribution in [3.8, 4) is 0 Å². The van der Waals surface area contributed by atoms with Gasteiger partial charge in [-0.3, -0.25) is 0 Å². The molecular weight excluding hydrogens is 590 g/mol. The Morgan fingerprint density at radius 3 is 1.55 bits per heavy atom. The van der Waals surface area contributed by atoms with Gasteiger partial charge in [0.25, 0.3) is 0 Å². The molecule has 0 spiro atoms. The van der Waals surface area contributed by atoms with E-state index >= 15 is 0 Å². The normalized spacial score (nSPS) is 14.6. The lowest BCUT2D eigenvalue weighted by Crippen LogP contribution is -2.60. The Morgan fingerprint density at radius 2 is 1.19 bits per heavy atom. The van der Waals surface area contributed by atoms with Crippen molar-refractivity contribution in [3.63, 3.8) is 0 Å². The third kappa shape index (κ3) is 5.11. The summed E-state index contributed by atoms with van der Waals surface area (Å²) in [7, 11) is -3.80. The van der Waals surface area contributed by atoms with E-state index in [1.54, 1.807) is 12.1 Å². The van der Waals surface area contributed by atoms with Gasteiger partial charge in [-0.1, -0.05) is 60.7 Å². The van der Waals surface area contributed by atoms with Crippen LogP contribution in [0.2, 0.25) is 0 Å². The number of halogens is 10. The first-order valence-electron chi connectivity index (χ1n) is 8.34. The van der Waals surface area contributed by atoms with E-state index in [1.807, 2.05) is 0 Å². The van der Waals surface area contributed by atoms with Crippen molar-refractivity contribution in [2.24, 2.45) is 0 Å². The van der Waals surface area contributed by atoms with Crippen LogP contribution in [0, 0.1) is 0 Å². The fraction of sp³-hybridized carbons (Fsp3) is 0.263. The highest BCUT2D eigenvalue weighted by Crippen LogP contribution is 2.56. The van der Waals surface area contributed by atoms with E-state index in [0.717, 1.165) is 28.4 Å². The lowest BCUT2D eigenvalue weighted by molar-refractivity contribution is -0.347. The van der Waals surface area contributed by atoms with Crippen LogP contribution < -0.4 is 10.6 Å². The van der Waals surface area contributed by atoms with Gasteiger partial charge in [0.1, 0.15) is 0 Å². The molecule has 0 radical (unpaired) electrons. The summed E-state index contributed by atoms with van der Waals surface area (Å²) in [6.45, 7) is 0. The Morgan fingerprint density at radius 1 is 0.806 bits per heavy atom. The zero-order valence-electron chi connectivity index (χ0n) is 15.2. The minimum atomic E-state index is -6.54. The highest BCUT2D eigenvalue weighted by molar-refractivity contribution is 14.1. The number of hydrogen-bond donors (Lipinski definition) is 0. The Bertz CT molecular complexity index is 934. The number of alkyl halides is 9. The van der Waals surface area contributed by atoms with Gasteiger partial charge in [0, 0.05) is 20.6 Å². The molecule has 2 rings (SSSR count). The van der Waals surface area contributed by atoms with Gasteiger partial charge in [-0.25, -0.2) is 0 Å². The second-order valence-corrected chi connectivity index (χ2v) is 10.9. The lowest BCUT2D eigenvalue weighted by Gasteiger charge is -2.34. The van der Waals surface area contributed by atoms with Crippen LogP contribution in [0.5, 0.6) is 0 Å². The number of benzene rings is 2. The van der Waals surface area contributed by atoms with Crippen molar-refractivity contribution in [2.45, 2.75) is 29.6 Å². The Balaban J connectivity index is 2.51. The largest absolute Gasteiger partial charge is 0.392 e. The molecule has 31 heavy (non-hydrogen) atoms. The van der Waals surface area contributed by atoms with Crippen LogP contribution in [-0.2, 0) is 4.57 Å². The molecule has 0 bridgehead atoms. The molecule has 170 valence electrons. The van der Waals surface area contributed by atoms with Crippen LogP contribution in [0.15, 0.2) is 70.1 Å². The molecule has 0 heterocycles. The van der Waals surface area contributed by atoms with Crippen LogP contribution in [0.4, 0.5) is 35.1 Å². The van der Waals surface area contributed by atoms with Crippen molar-refractivity contribution in [1.82, 2.24) is 0 Å². The first-order valence-corrected chi connectivity index (χ1v) is 11.6. The standard InChI is InChI=1S/C19H13ClF8IOP/c20-19(27,28)18(25,26)17(23,24)16(21,22)11-13(29)12-31(30,14-7-3-1-4-8-14)15-9-5-2-6-10-15/h1-10,12H,11H2/b13-12+. The van der Waals surface area contributed by atoms with Crippen LogP contribution in [0.25, 0.3) is 0 Å².